The van der Waals surface area contributed by atoms with Gasteiger partial charge < -0.3 is 14.6 Å². The van der Waals surface area contributed by atoms with E-state index in [4.69, 9.17) is 9.72 Å². The largest absolute Gasteiger partial charge is 0.493 e. The third-order valence-corrected chi connectivity index (χ3v) is 5.25. The summed E-state index contributed by atoms with van der Waals surface area (Å²) in [6.45, 7) is 5.84. The lowest BCUT2D eigenvalue weighted by Gasteiger charge is -2.13. The van der Waals surface area contributed by atoms with Crippen molar-refractivity contribution in [1.82, 2.24) is 19.9 Å². The van der Waals surface area contributed by atoms with Crippen LogP contribution in [0.1, 0.15) is 33.7 Å². The van der Waals surface area contributed by atoms with E-state index in [1.165, 1.54) is 0 Å². The second-order valence-corrected chi connectivity index (χ2v) is 7.52. The molecule has 0 bridgehead atoms. The van der Waals surface area contributed by atoms with Crippen molar-refractivity contribution in [3.8, 4) is 5.75 Å². The maximum atomic E-state index is 12.4. The Morgan fingerprint density at radius 2 is 1.84 bits per heavy atom. The Bertz CT molecular complexity index is 1160. The van der Waals surface area contributed by atoms with Gasteiger partial charge in [-0.25, -0.2) is 4.98 Å². The number of ether oxygens (including phenoxy) is 1. The second kappa shape index (κ2) is 9.43. The van der Waals surface area contributed by atoms with Crippen molar-refractivity contribution in [2.24, 2.45) is 0 Å². The lowest BCUT2D eigenvalue weighted by Crippen LogP contribution is -2.25. The topological polar surface area (TPSA) is 69.0 Å². The molecule has 158 valence electrons. The van der Waals surface area contributed by atoms with Crippen molar-refractivity contribution in [2.45, 2.75) is 33.4 Å². The summed E-state index contributed by atoms with van der Waals surface area (Å²) in [5.41, 5.74) is 4.80. The molecule has 0 aliphatic rings. The number of carbonyl (C=O) groups excluding carboxylic acids is 1. The van der Waals surface area contributed by atoms with E-state index in [-0.39, 0.29) is 5.91 Å². The monoisotopic (exact) mass is 414 g/mol. The number of amides is 1. The van der Waals surface area contributed by atoms with Gasteiger partial charge in [-0.3, -0.25) is 9.78 Å². The quantitative estimate of drug-likeness (QED) is 0.433. The summed E-state index contributed by atoms with van der Waals surface area (Å²) in [7, 11) is 0. The minimum Gasteiger partial charge on any atom is -0.493 e. The van der Waals surface area contributed by atoms with Crippen molar-refractivity contribution in [3.05, 3.63) is 89.5 Å². The fourth-order valence-corrected chi connectivity index (χ4v) is 3.69. The molecule has 2 aromatic heterocycles. The highest BCUT2D eigenvalue weighted by atomic mass is 16.5. The fourth-order valence-electron chi connectivity index (χ4n) is 3.69. The molecular weight excluding hydrogens is 388 g/mol. The molecule has 4 aromatic rings. The van der Waals surface area contributed by atoms with Crippen LogP contribution >= 0.6 is 0 Å². The molecule has 0 radical (unpaired) electrons. The molecule has 0 unspecified atom stereocenters. The van der Waals surface area contributed by atoms with E-state index >= 15 is 0 Å². The van der Waals surface area contributed by atoms with Crippen LogP contribution in [0, 0.1) is 13.8 Å². The van der Waals surface area contributed by atoms with Crippen LogP contribution in [0.25, 0.3) is 11.0 Å². The second-order valence-electron chi connectivity index (χ2n) is 7.52. The first-order valence-electron chi connectivity index (χ1n) is 10.4. The average molecular weight is 415 g/mol. The van der Waals surface area contributed by atoms with E-state index in [1.807, 2.05) is 24.3 Å². The molecule has 0 atom stereocenters. The molecular formula is C25H26N4O2. The summed E-state index contributed by atoms with van der Waals surface area (Å²) in [5.74, 6) is 1.62. The molecule has 0 fully saturated rings. The van der Waals surface area contributed by atoms with Crippen LogP contribution in [0.3, 0.4) is 0 Å². The Morgan fingerprint density at radius 1 is 1.03 bits per heavy atom. The zero-order chi connectivity index (χ0) is 21.6. The van der Waals surface area contributed by atoms with Gasteiger partial charge in [0, 0.05) is 18.9 Å². The van der Waals surface area contributed by atoms with Crippen molar-refractivity contribution in [3.63, 3.8) is 0 Å². The Balaban J connectivity index is 1.44. The Morgan fingerprint density at radius 3 is 2.61 bits per heavy atom. The average Bonchev–Trinajstić information content (AvgIpc) is 3.14. The standard InChI is InChI=1S/C25H26N4O2/c1-18-8-5-9-19(2)24(18)31-15-7-14-29-22-12-4-3-11-21(22)28-23(29)17-27-25(30)20-10-6-13-26-16-20/h3-6,8-13,16H,7,14-15,17H2,1-2H3,(H,27,30). The SMILES string of the molecule is Cc1cccc(C)c1OCCCn1c(CNC(=O)c2cccnc2)nc2ccccc21. The Kier molecular flexibility index (Phi) is 6.26. The molecule has 2 aromatic carbocycles. The van der Waals surface area contributed by atoms with Gasteiger partial charge in [-0.05, 0) is 55.7 Å². The molecule has 0 saturated heterocycles. The zero-order valence-corrected chi connectivity index (χ0v) is 17.8. The zero-order valence-electron chi connectivity index (χ0n) is 17.8. The normalized spacial score (nSPS) is 10.9. The molecule has 0 saturated carbocycles. The van der Waals surface area contributed by atoms with Crippen LogP contribution < -0.4 is 10.1 Å². The van der Waals surface area contributed by atoms with E-state index in [2.05, 4.69) is 46.9 Å². The number of hydrogen-bond acceptors (Lipinski definition) is 4. The van der Waals surface area contributed by atoms with Crippen LogP contribution in [0.5, 0.6) is 5.75 Å². The maximum Gasteiger partial charge on any atom is 0.253 e. The summed E-state index contributed by atoms with van der Waals surface area (Å²) in [6.07, 6.45) is 4.04. The lowest BCUT2D eigenvalue weighted by molar-refractivity contribution is 0.0949. The summed E-state index contributed by atoms with van der Waals surface area (Å²) in [5, 5.41) is 2.95. The van der Waals surface area contributed by atoms with Gasteiger partial charge in [-0.15, -0.1) is 0 Å². The Labute approximate surface area is 181 Å². The van der Waals surface area contributed by atoms with Crippen LogP contribution in [-0.2, 0) is 13.1 Å². The minimum absolute atomic E-state index is 0.162. The van der Waals surface area contributed by atoms with Crippen molar-refractivity contribution >= 4 is 16.9 Å². The lowest BCUT2D eigenvalue weighted by atomic mass is 10.1. The van der Waals surface area contributed by atoms with Crippen molar-refractivity contribution in [1.29, 1.82) is 0 Å². The van der Waals surface area contributed by atoms with Gasteiger partial charge in [-0.1, -0.05) is 30.3 Å². The van der Waals surface area contributed by atoms with E-state index in [1.54, 1.807) is 24.5 Å². The first-order chi connectivity index (χ1) is 15.1. The highest BCUT2D eigenvalue weighted by Crippen LogP contribution is 2.23. The van der Waals surface area contributed by atoms with E-state index in [9.17, 15) is 4.79 Å². The van der Waals surface area contributed by atoms with Crippen molar-refractivity contribution < 1.29 is 9.53 Å². The molecule has 2 heterocycles. The van der Waals surface area contributed by atoms with Gasteiger partial charge in [0.2, 0.25) is 0 Å². The summed E-state index contributed by atoms with van der Waals surface area (Å²) >= 11 is 0. The van der Waals surface area contributed by atoms with Gasteiger partial charge in [0.1, 0.15) is 11.6 Å². The number of aromatic nitrogens is 3. The third kappa shape index (κ3) is 4.74. The summed E-state index contributed by atoms with van der Waals surface area (Å²) in [4.78, 5) is 21.2. The highest BCUT2D eigenvalue weighted by Gasteiger charge is 2.13. The van der Waals surface area contributed by atoms with E-state index in [0.29, 0.717) is 18.7 Å². The number of fused-ring (bicyclic) bond motifs is 1. The predicted molar refractivity (Wildman–Crippen MR) is 121 cm³/mol. The van der Waals surface area contributed by atoms with Crippen LogP contribution in [0.2, 0.25) is 0 Å². The fraction of sp³-hybridized carbons (Fsp3) is 0.240. The van der Waals surface area contributed by atoms with Gasteiger partial charge in [0.05, 0.1) is 29.7 Å². The Hall–Kier alpha value is -3.67. The number of nitrogens with zero attached hydrogens (tertiary/aromatic N) is 3. The predicted octanol–water partition coefficient (Wildman–Crippen LogP) is 4.45. The minimum atomic E-state index is -0.162. The highest BCUT2D eigenvalue weighted by molar-refractivity contribution is 5.93. The number of imidazole rings is 1. The number of hydrogen-bond donors (Lipinski definition) is 1. The van der Waals surface area contributed by atoms with Crippen LogP contribution in [0.15, 0.2) is 67.0 Å². The first-order valence-corrected chi connectivity index (χ1v) is 10.4. The molecule has 6 nitrogen and oxygen atoms in total. The number of pyridine rings is 1. The number of nitrogens with one attached hydrogen (secondary N) is 1. The van der Waals surface area contributed by atoms with Gasteiger partial charge >= 0.3 is 0 Å². The van der Waals surface area contributed by atoms with Gasteiger partial charge in [0.25, 0.3) is 5.91 Å². The van der Waals surface area contributed by atoms with E-state index < -0.39 is 0 Å². The molecule has 6 heteroatoms. The number of para-hydroxylation sites is 3. The summed E-state index contributed by atoms with van der Waals surface area (Å²) in [6, 6.07) is 17.7. The van der Waals surface area contributed by atoms with E-state index in [0.717, 1.165) is 46.7 Å². The molecule has 0 aliphatic carbocycles. The van der Waals surface area contributed by atoms with Crippen molar-refractivity contribution in [2.75, 3.05) is 6.61 Å². The smallest absolute Gasteiger partial charge is 0.253 e. The number of rotatable bonds is 8. The number of carbonyl (C=O) groups is 1. The molecule has 31 heavy (non-hydrogen) atoms. The van der Waals surface area contributed by atoms with Crippen LogP contribution in [-0.4, -0.2) is 27.0 Å². The third-order valence-electron chi connectivity index (χ3n) is 5.25. The van der Waals surface area contributed by atoms with Crippen LogP contribution in [0.4, 0.5) is 0 Å². The molecule has 4 rings (SSSR count). The molecule has 0 aliphatic heterocycles. The first kappa shape index (κ1) is 20.6. The van der Waals surface area contributed by atoms with Gasteiger partial charge in [0.15, 0.2) is 0 Å². The van der Waals surface area contributed by atoms with Gasteiger partial charge in [-0.2, -0.15) is 0 Å². The summed E-state index contributed by atoms with van der Waals surface area (Å²) < 4.78 is 8.22. The molecule has 1 amide bonds. The number of benzene rings is 2. The molecule has 0 spiro atoms. The molecule has 1 N–H and O–H groups in total. The maximum absolute atomic E-state index is 12.4. The number of aryl methyl sites for hydroxylation is 3.